The Hall–Kier alpha value is -3.88. The number of nitrogens with two attached hydrogens (primary N) is 1. The van der Waals surface area contributed by atoms with Gasteiger partial charge in [0.2, 0.25) is 5.91 Å². The molecule has 9 nitrogen and oxygen atoms in total. The van der Waals surface area contributed by atoms with Crippen LogP contribution in [0.3, 0.4) is 0 Å². The Balaban J connectivity index is 1.33. The second-order valence-corrected chi connectivity index (χ2v) is 10.3. The number of nitrogens with one attached hydrogen (secondary N) is 2. The van der Waals surface area contributed by atoms with Crippen LogP contribution in [0.5, 0.6) is 0 Å². The van der Waals surface area contributed by atoms with Gasteiger partial charge < -0.3 is 25.6 Å². The maximum Gasteiger partial charge on any atom is 0.303 e. The fraction of sp³-hybridized carbons (Fsp3) is 0.429. The van der Waals surface area contributed by atoms with E-state index in [2.05, 4.69) is 22.0 Å². The highest BCUT2D eigenvalue weighted by atomic mass is 16.4. The van der Waals surface area contributed by atoms with E-state index in [1.807, 2.05) is 42.3 Å². The third-order valence-corrected chi connectivity index (χ3v) is 7.91. The van der Waals surface area contributed by atoms with Gasteiger partial charge >= 0.3 is 5.97 Å². The minimum atomic E-state index is -0.807. The standard InChI is InChI=1S/C28H34N6O3/c1-33-23-11-7-19(16-22(23)32-24(33)17-31-20-8-5-18(6-9-20)26(29)30)28(13-14-28)27(37)34-15-3-2-4-21(34)10-12-25(35)36/h5-9,11,16,21,31H,2-4,10,12-15,17H2,1H3,(H3,29,30)(H,35,36). The van der Waals surface area contributed by atoms with Crippen molar-refractivity contribution in [2.75, 3.05) is 11.9 Å². The zero-order valence-corrected chi connectivity index (χ0v) is 21.2. The molecule has 1 unspecified atom stereocenters. The molecule has 5 rings (SSSR count). The predicted octanol–water partition coefficient (Wildman–Crippen LogP) is 3.75. The number of fused-ring (bicyclic) bond motifs is 1. The second kappa shape index (κ2) is 9.88. The zero-order valence-electron chi connectivity index (χ0n) is 21.2. The lowest BCUT2D eigenvalue weighted by molar-refractivity contribution is -0.141. The summed E-state index contributed by atoms with van der Waals surface area (Å²) in [5, 5.41) is 20.0. The van der Waals surface area contributed by atoms with Crippen molar-refractivity contribution in [2.24, 2.45) is 12.8 Å². The molecule has 1 saturated heterocycles. The van der Waals surface area contributed by atoms with Crippen molar-refractivity contribution in [3.05, 3.63) is 59.4 Å². The van der Waals surface area contributed by atoms with E-state index >= 15 is 0 Å². The van der Waals surface area contributed by atoms with E-state index in [0.29, 0.717) is 25.1 Å². The number of hydrogen-bond acceptors (Lipinski definition) is 5. The molecule has 1 aliphatic carbocycles. The molecule has 194 valence electrons. The number of anilines is 1. The van der Waals surface area contributed by atoms with E-state index in [1.54, 1.807) is 0 Å². The molecule has 1 atom stereocenters. The number of aryl methyl sites for hydroxylation is 1. The number of piperidine rings is 1. The number of carbonyl (C=O) groups excluding carboxylic acids is 1. The summed E-state index contributed by atoms with van der Waals surface area (Å²) in [4.78, 5) is 31.8. The van der Waals surface area contributed by atoms with E-state index in [-0.39, 0.29) is 24.2 Å². The zero-order chi connectivity index (χ0) is 26.2. The van der Waals surface area contributed by atoms with Crippen LogP contribution in [0.4, 0.5) is 5.69 Å². The molecular weight excluding hydrogens is 468 g/mol. The number of hydrogen-bond donors (Lipinski definition) is 4. The molecule has 2 heterocycles. The summed E-state index contributed by atoms with van der Waals surface area (Å²) in [6.45, 7) is 1.24. The van der Waals surface area contributed by atoms with Gasteiger partial charge in [-0.1, -0.05) is 6.07 Å². The first-order valence-electron chi connectivity index (χ1n) is 13.0. The van der Waals surface area contributed by atoms with Crippen LogP contribution in [0.1, 0.15) is 61.9 Å². The van der Waals surface area contributed by atoms with E-state index in [9.17, 15) is 9.59 Å². The topological polar surface area (TPSA) is 137 Å². The van der Waals surface area contributed by atoms with Crippen molar-refractivity contribution < 1.29 is 14.7 Å². The van der Waals surface area contributed by atoms with Crippen LogP contribution in [0.2, 0.25) is 0 Å². The van der Waals surface area contributed by atoms with Gasteiger partial charge in [0.25, 0.3) is 0 Å². The first-order valence-corrected chi connectivity index (χ1v) is 13.0. The Morgan fingerprint density at radius 1 is 1.19 bits per heavy atom. The highest BCUT2D eigenvalue weighted by Crippen LogP contribution is 2.51. The SMILES string of the molecule is Cn1c(CNc2ccc(C(=N)N)cc2)nc2cc(C3(C(=O)N4CCCCC4CCC(=O)O)CC3)ccc21. The Bertz CT molecular complexity index is 1340. The molecule has 2 aromatic carbocycles. The van der Waals surface area contributed by atoms with Gasteiger partial charge in [-0.2, -0.15) is 0 Å². The minimum absolute atomic E-state index is 0.00981. The van der Waals surface area contributed by atoms with Gasteiger partial charge in [0.1, 0.15) is 11.7 Å². The largest absolute Gasteiger partial charge is 0.481 e. The number of amides is 1. The number of carbonyl (C=O) groups is 2. The molecule has 0 radical (unpaired) electrons. The number of amidine groups is 1. The van der Waals surface area contributed by atoms with Crippen LogP contribution in [-0.4, -0.2) is 49.9 Å². The quantitative estimate of drug-likeness (QED) is 0.260. The molecule has 37 heavy (non-hydrogen) atoms. The van der Waals surface area contributed by atoms with E-state index in [1.165, 1.54) is 0 Å². The van der Waals surface area contributed by atoms with Crippen molar-refractivity contribution in [3.8, 4) is 0 Å². The third kappa shape index (κ3) is 4.90. The number of likely N-dealkylation sites (tertiary alicyclic amines) is 1. The Morgan fingerprint density at radius 2 is 1.95 bits per heavy atom. The molecule has 1 amide bonds. The number of rotatable bonds is 9. The Kier molecular flexibility index (Phi) is 6.62. The lowest BCUT2D eigenvalue weighted by Crippen LogP contribution is -2.48. The molecule has 2 fully saturated rings. The van der Waals surface area contributed by atoms with Gasteiger partial charge in [-0.3, -0.25) is 15.0 Å². The molecule has 1 saturated carbocycles. The van der Waals surface area contributed by atoms with Crippen molar-refractivity contribution in [1.29, 1.82) is 5.41 Å². The summed E-state index contributed by atoms with van der Waals surface area (Å²) < 4.78 is 2.06. The fourth-order valence-electron chi connectivity index (χ4n) is 5.54. The number of nitrogens with zero attached hydrogens (tertiary/aromatic N) is 3. The highest BCUT2D eigenvalue weighted by Gasteiger charge is 2.54. The number of aromatic nitrogens is 2. The molecule has 1 aromatic heterocycles. The summed E-state index contributed by atoms with van der Waals surface area (Å²) >= 11 is 0. The third-order valence-electron chi connectivity index (χ3n) is 7.91. The number of nitrogen functional groups attached to an aromatic ring is 1. The number of carboxylic acids is 1. The Labute approximate surface area is 216 Å². The summed E-state index contributed by atoms with van der Waals surface area (Å²) in [6, 6.07) is 13.6. The monoisotopic (exact) mass is 502 g/mol. The fourth-order valence-corrected chi connectivity index (χ4v) is 5.54. The first kappa shape index (κ1) is 24.8. The predicted molar refractivity (Wildman–Crippen MR) is 143 cm³/mol. The van der Waals surface area contributed by atoms with Gasteiger partial charge in [0.15, 0.2) is 0 Å². The molecule has 0 bridgehead atoms. The number of aliphatic carboxylic acids is 1. The molecule has 0 spiro atoms. The summed E-state index contributed by atoms with van der Waals surface area (Å²) in [7, 11) is 1.99. The maximum atomic E-state index is 13.8. The van der Waals surface area contributed by atoms with Crippen molar-refractivity contribution >= 4 is 34.4 Å². The normalized spacial score (nSPS) is 18.5. The smallest absolute Gasteiger partial charge is 0.303 e. The van der Waals surface area contributed by atoms with Gasteiger partial charge in [-0.15, -0.1) is 0 Å². The van der Waals surface area contributed by atoms with Crippen LogP contribution < -0.4 is 11.1 Å². The molecule has 1 aliphatic heterocycles. The van der Waals surface area contributed by atoms with Crippen molar-refractivity contribution in [1.82, 2.24) is 14.5 Å². The van der Waals surface area contributed by atoms with Crippen LogP contribution in [0.25, 0.3) is 11.0 Å². The minimum Gasteiger partial charge on any atom is -0.481 e. The van der Waals surface area contributed by atoms with E-state index in [0.717, 1.165) is 60.2 Å². The lowest BCUT2D eigenvalue weighted by Gasteiger charge is -2.38. The first-order chi connectivity index (χ1) is 17.8. The van der Waals surface area contributed by atoms with Gasteiger partial charge in [0, 0.05) is 37.3 Å². The van der Waals surface area contributed by atoms with Crippen molar-refractivity contribution in [2.45, 2.75) is 62.9 Å². The summed E-state index contributed by atoms with van der Waals surface area (Å²) in [6.07, 6.45) is 5.14. The molecule has 3 aromatic rings. The lowest BCUT2D eigenvalue weighted by atomic mass is 9.90. The maximum absolute atomic E-state index is 13.8. The van der Waals surface area contributed by atoms with Crippen LogP contribution >= 0.6 is 0 Å². The van der Waals surface area contributed by atoms with Crippen LogP contribution in [0, 0.1) is 5.41 Å². The molecule has 2 aliphatic rings. The second-order valence-electron chi connectivity index (χ2n) is 10.3. The average molecular weight is 503 g/mol. The molecular formula is C28H34N6O3. The number of benzene rings is 2. The number of carboxylic acid groups (broad SMARTS) is 1. The van der Waals surface area contributed by atoms with Crippen LogP contribution in [-0.2, 0) is 28.6 Å². The summed E-state index contributed by atoms with van der Waals surface area (Å²) in [5.74, 6) is 0.260. The van der Waals surface area contributed by atoms with E-state index in [4.69, 9.17) is 21.2 Å². The van der Waals surface area contributed by atoms with Crippen molar-refractivity contribution in [3.63, 3.8) is 0 Å². The van der Waals surface area contributed by atoms with Gasteiger partial charge in [0.05, 0.1) is 23.0 Å². The van der Waals surface area contributed by atoms with E-state index < -0.39 is 11.4 Å². The average Bonchev–Trinajstić information content (AvgIpc) is 3.65. The highest BCUT2D eigenvalue weighted by molar-refractivity contribution is 5.95. The van der Waals surface area contributed by atoms with Gasteiger partial charge in [-0.25, -0.2) is 4.98 Å². The van der Waals surface area contributed by atoms with Crippen LogP contribution in [0.15, 0.2) is 42.5 Å². The molecule has 9 heteroatoms. The Morgan fingerprint density at radius 3 is 2.62 bits per heavy atom. The number of imidazole rings is 1. The summed E-state index contributed by atoms with van der Waals surface area (Å²) in [5.41, 5.74) is 9.50. The van der Waals surface area contributed by atoms with Gasteiger partial charge in [-0.05, 0) is 80.5 Å². The molecule has 5 N–H and O–H groups in total.